The Balaban J connectivity index is 1.62. The smallest absolute Gasteiger partial charge is 0.249 e. The zero-order chi connectivity index (χ0) is 21.7. The highest BCUT2D eigenvalue weighted by atomic mass is 16.3. The van der Waals surface area contributed by atoms with Gasteiger partial charge in [-0.2, -0.15) is 0 Å². The molecule has 0 fully saturated rings. The Labute approximate surface area is 184 Å². The molecule has 2 aromatic heterocycles. The summed E-state index contributed by atoms with van der Waals surface area (Å²) >= 11 is 0. The fraction of sp³-hybridized carbons (Fsp3) is 0.0357. The maximum atomic E-state index is 12.2. The summed E-state index contributed by atoms with van der Waals surface area (Å²) in [6, 6.07) is 31.7. The predicted octanol–water partition coefficient (Wildman–Crippen LogP) is 6.16. The number of aromatic nitrogens is 1. The number of carbonyl (C=O) groups excluding carboxylic acids is 1. The Kier molecular flexibility index (Phi) is 4.12. The van der Waals surface area contributed by atoms with E-state index in [9.17, 15) is 4.79 Å². The highest BCUT2D eigenvalue weighted by molar-refractivity contribution is 6.18. The molecule has 0 saturated carbocycles. The standard InChI is InChI=1S/C28H19N2O2/c29-28(31)23-7-3-8-24-27(23)22-13-12-21(26-9-4-14-32-26)16-25(22)30(24)17-18-10-11-19-5-1-2-6-20(19)15-18/h1-12,14-16H,17H2,(H2,29,31). The second-order valence-corrected chi connectivity index (χ2v) is 7.96. The van der Waals surface area contributed by atoms with Crippen LogP contribution in [-0.2, 0) is 6.54 Å². The maximum Gasteiger partial charge on any atom is 0.249 e. The van der Waals surface area contributed by atoms with E-state index in [-0.39, 0.29) is 0 Å². The van der Waals surface area contributed by atoms with Crippen LogP contribution in [0.4, 0.5) is 0 Å². The SMILES string of the molecule is NC(=O)c1cccc2c1c1[c]cc(-c3ccco3)cc1n2Cc1ccc2ccccc2c1. The molecule has 6 aromatic rings. The molecule has 0 atom stereocenters. The van der Waals surface area contributed by atoms with Crippen molar-refractivity contribution in [2.24, 2.45) is 5.73 Å². The summed E-state index contributed by atoms with van der Waals surface area (Å²) in [7, 11) is 0. The van der Waals surface area contributed by atoms with E-state index in [1.54, 1.807) is 12.3 Å². The molecule has 0 spiro atoms. The highest BCUT2D eigenvalue weighted by Gasteiger charge is 2.18. The number of nitrogens with zero attached hydrogens (tertiary/aromatic N) is 1. The van der Waals surface area contributed by atoms with Crippen molar-refractivity contribution in [3.63, 3.8) is 0 Å². The lowest BCUT2D eigenvalue weighted by atomic mass is 10.0. The second kappa shape index (κ2) is 7.13. The summed E-state index contributed by atoms with van der Waals surface area (Å²) in [5, 5.41) is 4.13. The molecular formula is C28H19N2O2. The minimum Gasteiger partial charge on any atom is -0.464 e. The van der Waals surface area contributed by atoms with Gasteiger partial charge in [0.25, 0.3) is 0 Å². The van der Waals surface area contributed by atoms with E-state index < -0.39 is 5.91 Å². The Hall–Kier alpha value is -4.31. The van der Waals surface area contributed by atoms with Gasteiger partial charge in [-0.15, -0.1) is 0 Å². The predicted molar refractivity (Wildman–Crippen MR) is 128 cm³/mol. The van der Waals surface area contributed by atoms with Gasteiger partial charge in [0.1, 0.15) is 5.76 Å². The lowest BCUT2D eigenvalue weighted by molar-refractivity contribution is 0.100. The molecule has 0 aliphatic heterocycles. The molecule has 0 aliphatic carbocycles. The van der Waals surface area contributed by atoms with Crippen LogP contribution in [0.25, 0.3) is 43.9 Å². The van der Waals surface area contributed by atoms with Gasteiger partial charge >= 0.3 is 0 Å². The molecule has 0 bridgehead atoms. The van der Waals surface area contributed by atoms with E-state index in [1.807, 2.05) is 36.4 Å². The van der Waals surface area contributed by atoms with Crippen molar-refractivity contribution in [1.82, 2.24) is 4.57 Å². The Morgan fingerprint density at radius 3 is 2.59 bits per heavy atom. The number of fused-ring (bicyclic) bond motifs is 4. The molecule has 0 unspecified atom stereocenters. The van der Waals surface area contributed by atoms with Crippen molar-refractivity contribution in [2.75, 3.05) is 0 Å². The maximum absolute atomic E-state index is 12.2. The molecule has 0 aliphatic rings. The average Bonchev–Trinajstić information content (AvgIpc) is 3.46. The largest absolute Gasteiger partial charge is 0.464 e. The van der Waals surface area contributed by atoms with Crippen molar-refractivity contribution in [1.29, 1.82) is 0 Å². The zero-order valence-corrected chi connectivity index (χ0v) is 17.2. The van der Waals surface area contributed by atoms with Crippen LogP contribution in [0.1, 0.15) is 15.9 Å². The number of hydrogen-bond donors (Lipinski definition) is 1. The van der Waals surface area contributed by atoms with E-state index in [2.05, 4.69) is 53.1 Å². The number of nitrogens with two attached hydrogens (primary N) is 1. The van der Waals surface area contributed by atoms with E-state index in [1.165, 1.54) is 16.3 Å². The number of furan rings is 1. The first-order chi connectivity index (χ1) is 15.7. The Morgan fingerprint density at radius 1 is 0.906 bits per heavy atom. The van der Waals surface area contributed by atoms with Crippen molar-refractivity contribution in [2.45, 2.75) is 6.54 Å². The monoisotopic (exact) mass is 415 g/mol. The highest BCUT2D eigenvalue weighted by Crippen LogP contribution is 2.35. The molecule has 2 heterocycles. The topological polar surface area (TPSA) is 61.2 Å². The van der Waals surface area contributed by atoms with Crippen molar-refractivity contribution in [3.05, 3.63) is 108 Å². The van der Waals surface area contributed by atoms with Crippen LogP contribution >= 0.6 is 0 Å². The van der Waals surface area contributed by atoms with Crippen LogP contribution < -0.4 is 5.73 Å². The summed E-state index contributed by atoms with van der Waals surface area (Å²) in [5.74, 6) is 0.338. The van der Waals surface area contributed by atoms with Crippen LogP contribution in [-0.4, -0.2) is 10.5 Å². The van der Waals surface area contributed by atoms with Crippen LogP contribution in [0.15, 0.2) is 95.6 Å². The average molecular weight is 415 g/mol. The van der Waals surface area contributed by atoms with Gasteiger partial charge in [-0.1, -0.05) is 42.5 Å². The summed E-state index contributed by atoms with van der Waals surface area (Å²) in [5.41, 5.74) is 10.3. The molecule has 1 amide bonds. The normalized spacial score (nSPS) is 11.5. The van der Waals surface area contributed by atoms with Gasteiger partial charge in [0.05, 0.1) is 17.3 Å². The third-order valence-electron chi connectivity index (χ3n) is 6.02. The van der Waals surface area contributed by atoms with Crippen molar-refractivity contribution in [3.8, 4) is 11.3 Å². The number of rotatable bonds is 4. The summed E-state index contributed by atoms with van der Waals surface area (Å²) in [4.78, 5) is 12.2. The minimum atomic E-state index is -0.441. The second-order valence-electron chi connectivity index (χ2n) is 7.96. The molecule has 32 heavy (non-hydrogen) atoms. The fourth-order valence-electron chi connectivity index (χ4n) is 4.54. The van der Waals surface area contributed by atoms with Crippen LogP contribution in [0, 0.1) is 6.07 Å². The van der Waals surface area contributed by atoms with Crippen molar-refractivity contribution >= 4 is 38.5 Å². The van der Waals surface area contributed by atoms with Gasteiger partial charge in [-0.3, -0.25) is 4.79 Å². The number of primary amides is 1. The van der Waals surface area contributed by atoms with Crippen LogP contribution in [0.2, 0.25) is 0 Å². The van der Waals surface area contributed by atoms with Gasteiger partial charge < -0.3 is 14.7 Å². The van der Waals surface area contributed by atoms with Gasteiger partial charge in [-0.05, 0) is 64.9 Å². The summed E-state index contributed by atoms with van der Waals surface area (Å²) in [6.45, 7) is 0.655. The molecule has 2 N–H and O–H groups in total. The third-order valence-corrected chi connectivity index (χ3v) is 6.02. The summed E-state index contributed by atoms with van der Waals surface area (Å²) in [6.07, 6.45) is 1.66. The number of hydrogen-bond acceptors (Lipinski definition) is 2. The van der Waals surface area contributed by atoms with E-state index in [0.29, 0.717) is 12.1 Å². The van der Waals surface area contributed by atoms with Gasteiger partial charge in [0, 0.05) is 28.4 Å². The van der Waals surface area contributed by atoms with Gasteiger partial charge in [0.2, 0.25) is 5.91 Å². The quantitative estimate of drug-likeness (QED) is 0.375. The fourth-order valence-corrected chi connectivity index (χ4v) is 4.54. The molecule has 4 nitrogen and oxygen atoms in total. The molecule has 1 radical (unpaired) electrons. The van der Waals surface area contributed by atoms with Crippen LogP contribution in [0.3, 0.4) is 0 Å². The first-order valence-electron chi connectivity index (χ1n) is 10.5. The first kappa shape index (κ1) is 18.5. The first-order valence-corrected chi connectivity index (χ1v) is 10.5. The molecule has 4 heteroatoms. The molecule has 6 rings (SSSR count). The minimum absolute atomic E-state index is 0.441. The molecular weight excluding hydrogens is 396 g/mol. The molecule has 4 aromatic carbocycles. The van der Waals surface area contributed by atoms with E-state index in [4.69, 9.17) is 10.2 Å². The Bertz CT molecular complexity index is 1620. The van der Waals surface area contributed by atoms with E-state index >= 15 is 0 Å². The lowest BCUT2D eigenvalue weighted by Gasteiger charge is -2.10. The number of benzene rings is 4. The van der Waals surface area contributed by atoms with Crippen LogP contribution in [0.5, 0.6) is 0 Å². The third kappa shape index (κ3) is 2.88. The molecule has 153 valence electrons. The van der Waals surface area contributed by atoms with Crippen molar-refractivity contribution < 1.29 is 9.21 Å². The number of amides is 1. The zero-order valence-electron chi connectivity index (χ0n) is 17.2. The van der Waals surface area contributed by atoms with Gasteiger partial charge in [-0.25, -0.2) is 0 Å². The van der Waals surface area contributed by atoms with Gasteiger partial charge in [0.15, 0.2) is 0 Å². The summed E-state index contributed by atoms with van der Waals surface area (Å²) < 4.78 is 7.83. The Morgan fingerprint density at radius 2 is 1.78 bits per heavy atom. The van der Waals surface area contributed by atoms with E-state index in [0.717, 1.165) is 33.1 Å². The molecule has 0 saturated heterocycles. The number of carbonyl (C=O) groups is 1. The lowest BCUT2D eigenvalue weighted by Crippen LogP contribution is -2.11.